The van der Waals surface area contributed by atoms with Gasteiger partial charge in [-0.15, -0.1) is 11.3 Å². The smallest absolute Gasteiger partial charge is 0.329 e. The fourth-order valence-electron chi connectivity index (χ4n) is 1.08. The molecule has 1 atom stereocenters. The largest absolute Gasteiger partial charge is 0.480 e. The molecule has 17 heavy (non-hydrogen) atoms. The van der Waals surface area contributed by atoms with E-state index in [1.54, 1.807) is 13.1 Å². The third-order valence-corrected chi connectivity index (χ3v) is 3.24. The van der Waals surface area contributed by atoms with E-state index in [-0.39, 0.29) is 0 Å². The predicted octanol–water partition coefficient (Wildman–Crippen LogP) is 1.83. The molecule has 0 bridgehead atoms. The van der Waals surface area contributed by atoms with Gasteiger partial charge in [0.1, 0.15) is 5.54 Å². The van der Waals surface area contributed by atoms with Gasteiger partial charge in [-0.2, -0.15) is 0 Å². The topological polar surface area (TPSA) is 91.3 Å². The Bertz CT molecular complexity index is 432. The van der Waals surface area contributed by atoms with Crippen LogP contribution in [0.5, 0.6) is 0 Å². The van der Waals surface area contributed by atoms with E-state index in [0.29, 0.717) is 11.6 Å². The standard InChI is InChI=1S/C10H15N3O3S/c1-4-10(3,7(14)15)13-8(16)12-9-11-5-6(2)17-9/h5H,4H2,1-3H3,(H,14,15)(H2,11,12,13,16). The fraction of sp³-hybridized carbons (Fsp3) is 0.500. The summed E-state index contributed by atoms with van der Waals surface area (Å²) in [5.74, 6) is -1.06. The van der Waals surface area contributed by atoms with E-state index in [1.807, 2.05) is 6.92 Å². The van der Waals surface area contributed by atoms with Crippen LogP contribution in [0.3, 0.4) is 0 Å². The minimum Gasteiger partial charge on any atom is -0.480 e. The molecule has 0 aromatic carbocycles. The maximum Gasteiger partial charge on any atom is 0.329 e. The van der Waals surface area contributed by atoms with Gasteiger partial charge < -0.3 is 10.4 Å². The minimum atomic E-state index is -1.27. The van der Waals surface area contributed by atoms with Gasteiger partial charge in [-0.1, -0.05) is 6.92 Å². The number of aliphatic carboxylic acids is 1. The summed E-state index contributed by atoms with van der Waals surface area (Å²) >= 11 is 1.33. The van der Waals surface area contributed by atoms with Gasteiger partial charge in [-0.3, -0.25) is 5.32 Å². The average molecular weight is 257 g/mol. The zero-order valence-corrected chi connectivity index (χ0v) is 10.7. The fourth-order valence-corrected chi connectivity index (χ4v) is 1.74. The molecule has 0 saturated carbocycles. The second-order valence-electron chi connectivity index (χ2n) is 3.85. The number of hydrogen-bond donors (Lipinski definition) is 3. The highest BCUT2D eigenvalue weighted by Gasteiger charge is 2.32. The summed E-state index contributed by atoms with van der Waals surface area (Å²) in [6.45, 7) is 5.03. The summed E-state index contributed by atoms with van der Waals surface area (Å²) in [7, 11) is 0. The van der Waals surface area contributed by atoms with Crippen molar-refractivity contribution in [1.82, 2.24) is 10.3 Å². The number of hydrogen-bond acceptors (Lipinski definition) is 4. The highest BCUT2D eigenvalue weighted by molar-refractivity contribution is 7.15. The maximum atomic E-state index is 11.6. The summed E-state index contributed by atoms with van der Waals surface area (Å²) in [6, 6.07) is -0.564. The van der Waals surface area contributed by atoms with Gasteiger partial charge in [-0.05, 0) is 20.3 Å². The molecule has 0 fully saturated rings. The Labute approximate surface area is 103 Å². The summed E-state index contributed by atoms with van der Waals surface area (Å²) in [4.78, 5) is 27.5. The molecule has 3 N–H and O–H groups in total. The second kappa shape index (κ2) is 5.13. The summed E-state index contributed by atoms with van der Waals surface area (Å²) in [5.41, 5.74) is -1.27. The third-order valence-electron chi connectivity index (χ3n) is 2.41. The molecule has 6 nitrogen and oxygen atoms in total. The van der Waals surface area contributed by atoms with Crippen LogP contribution in [0, 0.1) is 6.92 Å². The SMILES string of the molecule is CCC(C)(NC(=O)Nc1ncc(C)s1)C(=O)O. The molecule has 0 aliphatic heterocycles. The maximum absolute atomic E-state index is 11.6. The van der Waals surface area contributed by atoms with Crippen molar-refractivity contribution in [2.24, 2.45) is 0 Å². The molecule has 1 aromatic rings. The number of rotatable bonds is 4. The number of nitrogens with zero attached hydrogens (tertiary/aromatic N) is 1. The Morgan fingerprint density at radius 2 is 2.24 bits per heavy atom. The van der Waals surface area contributed by atoms with Gasteiger partial charge in [0, 0.05) is 11.1 Å². The van der Waals surface area contributed by atoms with E-state index in [4.69, 9.17) is 5.11 Å². The molecule has 0 saturated heterocycles. The van der Waals surface area contributed by atoms with Crippen LogP contribution in [0.25, 0.3) is 0 Å². The Balaban J connectivity index is 2.63. The van der Waals surface area contributed by atoms with Gasteiger partial charge in [0.25, 0.3) is 0 Å². The van der Waals surface area contributed by atoms with Crippen molar-refractivity contribution >= 4 is 28.5 Å². The molecule has 94 valence electrons. The molecule has 1 heterocycles. The highest BCUT2D eigenvalue weighted by Crippen LogP contribution is 2.17. The number of carboxylic acid groups (broad SMARTS) is 1. The Hall–Kier alpha value is -1.63. The molecule has 1 rings (SSSR count). The Morgan fingerprint density at radius 1 is 1.59 bits per heavy atom. The Morgan fingerprint density at radius 3 is 2.65 bits per heavy atom. The van der Waals surface area contributed by atoms with Crippen LogP contribution in [-0.4, -0.2) is 27.6 Å². The number of thiazole rings is 1. The molecule has 0 spiro atoms. The summed E-state index contributed by atoms with van der Waals surface area (Å²) in [5, 5.41) is 14.4. The van der Waals surface area contributed by atoms with Crippen molar-refractivity contribution < 1.29 is 14.7 Å². The molecule has 0 aliphatic rings. The lowest BCUT2D eigenvalue weighted by Crippen LogP contribution is -2.53. The van der Waals surface area contributed by atoms with Crippen LogP contribution in [0.15, 0.2) is 6.20 Å². The van der Waals surface area contributed by atoms with Crippen molar-refractivity contribution in [1.29, 1.82) is 0 Å². The lowest BCUT2D eigenvalue weighted by atomic mass is 10.00. The first-order valence-corrected chi connectivity index (χ1v) is 5.94. The molecular formula is C10H15N3O3S. The predicted molar refractivity (Wildman–Crippen MR) is 65.3 cm³/mol. The first-order chi connectivity index (χ1) is 7.87. The minimum absolute atomic E-state index is 0.298. The van der Waals surface area contributed by atoms with Crippen molar-refractivity contribution in [3.8, 4) is 0 Å². The zero-order chi connectivity index (χ0) is 13.1. The Kier molecular flexibility index (Phi) is 4.06. The molecule has 2 amide bonds. The number of aryl methyl sites for hydroxylation is 1. The van der Waals surface area contributed by atoms with Crippen LogP contribution in [0.4, 0.5) is 9.93 Å². The van der Waals surface area contributed by atoms with Gasteiger partial charge >= 0.3 is 12.0 Å². The number of carboxylic acids is 1. The van der Waals surface area contributed by atoms with E-state index < -0.39 is 17.5 Å². The van der Waals surface area contributed by atoms with Gasteiger partial charge in [0.2, 0.25) is 0 Å². The lowest BCUT2D eigenvalue weighted by Gasteiger charge is -2.24. The molecule has 0 aliphatic carbocycles. The van der Waals surface area contributed by atoms with Crippen molar-refractivity contribution in [3.05, 3.63) is 11.1 Å². The number of nitrogens with one attached hydrogen (secondary N) is 2. The molecule has 1 aromatic heterocycles. The number of amides is 2. The zero-order valence-electron chi connectivity index (χ0n) is 9.90. The van der Waals surface area contributed by atoms with Crippen LogP contribution in [0.1, 0.15) is 25.1 Å². The van der Waals surface area contributed by atoms with Crippen LogP contribution < -0.4 is 10.6 Å². The second-order valence-corrected chi connectivity index (χ2v) is 5.08. The number of urea groups is 1. The molecule has 0 radical (unpaired) electrons. The van der Waals surface area contributed by atoms with Crippen molar-refractivity contribution in [2.75, 3.05) is 5.32 Å². The first-order valence-electron chi connectivity index (χ1n) is 5.12. The van der Waals surface area contributed by atoms with Crippen molar-refractivity contribution in [2.45, 2.75) is 32.7 Å². The third kappa shape index (κ3) is 3.42. The van der Waals surface area contributed by atoms with E-state index in [2.05, 4.69) is 15.6 Å². The monoisotopic (exact) mass is 257 g/mol. The molecule has 1 unspecified atom stereocenters. The van der Waals surface area contributed by atoms with E-state index in [1.165, 1.54) is 18.3 Å². The lowest BCUT2D eigenvalue weighted by molar-refractivity contribution is -0.143. The normalized spacial score (nSPS) is 13.8. The highest BCUT2D eigenvalue weighted by atomic mass is 32.1. The molecular weight excluding hydrogens is 242 g/mol. The number of carbonyl (C=O) groups is 2. The van der Waals surface area contributed by atoms with Crippen LogP contribution in [-0.2, 0) is 4.79 Å². The summed E-state index contributed by atoms with van der Waals surface area (Å²) in [6.07, 6.45) is 1.93. The number of carbonyl (C=O) groups excluding carboxylic acids is 1. The number of aromatic nitrogens is 1. The van der Waals surface area contributed by atoms with E-state index in [9.17, 15) is 9.59 Å². The van der Waals surface area contributed by atoms with Gasteiger partial charge in [0.15, 0.2) is 5.13 Å². The van der Waals surface area contributed by atoms with Gasteiger partial charge in [-0.25, -0.2) is 14.6 Å². The van der Waals surface area contributed by atoms with Crippen LogP contribution in [0.2, 0.25) is 0 Å². The quantitative estimate of drug-likeness (QED) is 0.767. The number of anilines is 1. The summed E-state index contributed by atoms with van der Waals surface area (Å²) < 4.78 is 0. The average Bonchev–Trinajstić information content (AvgIpc) is 2.63. The molecule has 7 heteroatoms. The van der Waals surface area contributed by atoms with Crippen LogP contribution >= 0.6 is 11.3 Å². The first kappa shape index (κ1) is 13.4. The van der Waals surface area contributed by atoms with E-state index >= 15 is 0 Å². The van der Waals surface area contributed by atoms with E-state index in [0.717, 1.165) is 4.88 Å². The van der Waals surface area contributed by atoms with Crippen molar-refractivity contribution in [3.63, 3.8) is 0 Å². The van der Waals surface area contributed by atoms with Gasteiger partial charge in [0.05, 0.1) is 0 Å².